The number of halogens is 3. The lowest BCUT2D eigenvalue weighted by Gasteiger charge is -2.33. The number of rotatable bonds is 6. The Hall–Kier alpha value is -1.90. The molecule has 29 heavy (non-hydrogen) atoms. The summed E-state index contributed by atoms with van der Waals surface area (Å²) < 4.78 is 0. The van der Waals surface area contributed by atoms with Crippen LogP contribution in [0.5, 0.6) is 0 Å². The minimum Gasteiger partial charge on any atom is -0.365 e. The quantitative estimate of drug-likeness (QED) is 0.347. The first-order valence-electron chi connectivity index (χ1n) is 8.80. The van der Waals surface area contributed by atoms with E-state index in [0.717, 1.165) is 43.1 Å². The van der Waals surface area contributed by atoms with Crippen LogP contribution in [0.15, 0.2) is 42.7 Å². The maximum Gasteiger partial charge on any atom is 0.267 e. The molecule has 1 aromatic heterocycles. The molecule has 0 radical (unpaired) electrons. The van der Waals surface area contributed by atoms with Gasteiger partial charge in [-0.25, -0.2) is 10.5 Å². The molecule has 1 fully saturated rings. The number of hydrogen-bond donors (Lipinski definition) is 3. The third kappa shape index (κ3) is 7.79. The number of carbonyl (C=O) groups is 1. The SMILES string of the molecule is Cl.Cl.O=C(C=Cc1cnc(N[C@@H]2CCCN(Cc3ccccc3Cl)C2)cn1)NO. The van der Waals surface area contributed by atoms with Gasteiger partial charge in [0.2, 0.25) is 0 Å². The van der Waals surface area contributed by atoms with Gasteiger partial charge in [0, 0.05) is 30.2 Å². The Balaban J connectivity index is 0.00000210. The van der Waals surface area contributed by atoms with Crippen LogP contribution in [-0.4, -0.2) is 45.1 Å². The highest BCUT2D eigenvalue weighted by atomic mass is 35.5. The maximum absolute atomic E-state index is 11.0. The molecule has 1 aromatic carbocycles. The molecule has 1 saturated heterocycles. The Morgan fingerprint density at radius 3 is 2.76 bits per heavy atom. The number of hydroxylamine groups is 1. The Kier molecular flexibility index (Phi) is 10.9. The molecule has 1 amide bonds. The van der Waals surface area contributed by atoms with E-state index in [0.29, 0.717) is 11.5 Å². The van der Waals surface area contributed by atoms with Gasteiger partial charge in [-0.15, -0.1) is 24.8 Å². The predicted octanol–water partition coefficient (Wildman–Crippen LogP) is 3.57. The molecule has 0 spiro atoms. The van der Waals surface area contributed by atoms with Crippen LogP contribution in [0.25, 0.3) is 6.08 Å². The third-order valence-corrected chi connectivity index (χ3v) is 4.77. The highest BCUT2D eigenvalue weighted by Crippen LogP contribution is 2.21. The number of carbonyl (C=O) groups excluding carboxylic acids is 1. The summed E-state index contributed by atoms with van der Waals surface area (Å²) >= 11 is 6.27. The average Bonchev–Trinajstić information content (AvgIpc) is 2.69. The standard InChI is InChI=1S/C19H22ClN5O2.2ClH/c20-17-6-2-1-4-14(17)12-25-9-3-5-16(13-25)23-18-11-21-15(10-22-18)7-8-19(26)24-27;;/h1-2,4,6-8,10-11,16,27H,3,5,9,12-13H2,(H,22,23)(H,24,26);2*1H/t16-;;/m1../s1. The van der Waals surface area contributed by atoms with Crippen LogP contribution >= 0.6 is 36.4 Å². The van der Waals surface area contributed by atoms with Crippen molar-refractivity contribution in [3.05, 3.63) is 59.0 Å². The molecule has 0 unspecified atom stereocenters. The van der Waals surface area contributed by atoms with Crippen molar-refractivity contribution in [3.8, 4) is 0 Å². The van der Waals surface area contributed by atoms with Gasteiger partial charge < -0.3 is 5.32 Å². The molecule has 3 rings (SSSR count). The lowest BCUT2D eigenvalue weighted by molar-refractivity contribution is -0.124. The van der Waals surface area contributed by atoms with Gasteiger partial charge in [-0.05, 0) is 37.1 Å². The highest BCUT2D eigenvalue weighted by Gasteiger charge is 2.20. The normalized spacial score (nSPS) is 16.6. The number of amides is 1. The fraction of sp³-hybridized carbons (Fsp3) is 0.316. The van der Waals surface area contributed by atoms with Crippen LogP contribution in [0, 0.1) is 0 Å². The molecule has 0 aliphatic carbocycles. The predicted molar refractivity (Wildman–Crippen MR) is 119 cm³/mol. The van der Waals surface area contributed by atoms with E-state index in [1.54, 1.807) is 12.4 Å². The Bertz CT molecular complexity index is 805. The number of anilines is 1. The molecule has 3 N–H and O–H groups in total. The molecule has 7 nitrogen and oxygen atoms in total. The van der Waals surface area contributed by atoms with Crippen molar-refractivity contribution in [1.29, 1.82) is 0 Å². The first kappa shape index (κ1) is 25.1. The summed E-state index contributed by atoms with van der Waals surface area (Å²) in [6.45, 7) is 2.79. The van der Waals surface area contributed by atoms with Crippen molar-refractivity contribution < 1.29 is 10.0 Å². The molecular formula is C19H24Cl3N5O2. The van der Waals surface area contributed by atoms with E-state index < -0.39 is 5.91 Å². The van der Waals surface area contributed by atoms with Crippen LogP contribution in [-0.2, 0) is 11.3 Å². The number of likely N-dealkylation sites (tertiary alicyclic amines) is 1. The minimum atomic E-state index is -0.611. The van der Waals surface area contributed by atoms with E-state index in [2.05, 4.69) is 26.3 Å². The maximum atomic E-state index is 11.0. The Morgan fingerprint density at radius 1 is 1.28 bits per heavy atom. The second-order valence-corrected chi connectivity index (χ2v) is 6.85. The number of piperidine rings is 1. The molecule has 1 atom stereocenters. The van der Waals surface area contributed by atoms with E-state index >= 15 is 0 Å². The van der Waals surface area contributed by atoms with Gasteiger partial charge in [0.25, 0.3) is 5.91 Å². The zero-order valence-corrected chi connectivity index (χ0v) is 18.0. The van der Waals surface area contributed by atoms with Crippen molar-refractivity contribution in [1.82, 2.24) is 20.3 Å². The third-order valence-electron chi connectivity index (χ3n) is 4.40. The van der Waals surface area contributed by atoms with Crippen LogP contribution in [0.2, 0.25) is 5.02 Å². The van der Waals surface area contributed by atoms with E-state index in [4.69, 9.17) is 16.8 Å². The van der Waals surface area contributed by atoms with Gasteiger partial charge in [-0.1, -0.05) is 29.8 Å². The van der Waals surface area contributed by atoms with Crippen molar-refractivity contribution in [2.45, 2.75) is 25.4 Å². The van der Waals surface area contributed by atoms with Gasteiger partial charge >= 0.3 is 0 Å². The minimum absolute atomic E-state index is 0. The highest BCUT2D eigenvalue weighted by molar-refractivity contribution is 6.31. The monoisotopic (exact) mass is 459 g/mol. The number of nitrogens with one attached hydrogen (secondary N) is 2. The van der Waals surface area contributed by atoms with Crippen molar-refractivity contribution in [3.63, 3.8) is 0 Å². The zero-order valence-electron chi connectivity index (χ0n) is 15.6. The summed E-state index contributed by atoms with van der Waals surface area (Å²) in [5, 5.41) is 12.7. The number of nitrogens with zero attached hydrogens (tertiary/aromatic N) is 3. The van der Waals surface area contributed by atoms with Gasteiger partial charge in [0.1, 0.15) is 5.82 Å². The zero-order chi connectivity index (χ0) is 19.1. The first-order valence-corrected chi connectivity index (χ1v) is 9.18. The molecule has 2 aromatic rings. The molecule has 158 valence electrons. The molecule has 1 aliphatic heterocycles. The summed E-state index contributed by atoms with van der Waals surface area (Å²) in [5.74, 6) is 0.0863. The van der Waals surface area contributed by atoms with Gasteiger partial charge in [0.15, 0.2) is 0 Å². The summed E-state index contributed by atoms with van der Waals surface area (Å²) in [6, 6.07) is 8.23. The lowest BCUT2D eigenvalue weighted by atomic mass is 10.0. The largest absolute Gasteiger partial charge is 0.365 e. The van der Waals surface area contributed by atoms with Crippen molar-refractivity contribution in [2.24, 2.45) is 0 Å². The van der Waals surface area contributed by atoms with Crippen LogP contribution in [0.3, 0.4) is 0 Å². The lowest BCUT2D eigenvalue weighted by Crippen LogP contribution is -2.41. The molecular weight excluding hydrogens is 437 g/mol. The number of aromatic nitrogens is 2. The second-order valence-electron chi connectivity index (χ2n) is 6.45. The summed E-state index contributed by atoms with van der Waals surface area (Å²) in [6.07, 6.45) is 8.06. The summed E-state index contributed by atoms with van der Waals surface area (Å²) in [5.41, 5.74) is 3.20. The molecule has 0 bridgehead atoms. The number of hydrogen-bond acceptors (Lipinski definition) is 6. The van der Waals surface area contributed by atoms with Gasteiger partial charge in [-0.3, -0.25) is 19.9 Å². The van der Waals surface area contributed by atoms with E-state index in [9.17, 15) is 4.79 Å². The fourth-order valence-electron chi connectivity index (χ4n) is 3.09. The molecule has 2 heterocycles. The molecule has 1 aliphatic rings. The van der Waals surface area contributed by atoms with E-state index in [1.807, 2.05) is 18.2 Å². The second kappa shape index (κ2) is 12.6. The van der Waals surface area contributed by atoms with Crippen LogP contribution in [0.4, 0.5) is 5.82 Å². The topological polar surface area (TPSA) is 90.4 Å². The van der Waals surface area contributed by atoms with Crippen molar-refractivity contribution >= 4 is 54.2 Å². The number of benzene rings is 1. The van der Waals surface area contributed by atoms with E-state index in [-0.39, 0.29) is 30.9 Å². The average molecular weight is 461 g/mol. The van der Waals surface area contributed by atoms with E-state index in [1.165, 1.54) is 17.6 Å². The Labute approximate surface area is 187 Å². The summed E-state index contributed by atoms with van der Waals surface area (Å²) in [7, 11) is 0. The molecule has 10 heteroatoms. The summed E-state index contributed by atoms with van der Waals surface area (Å²) in [4.78, 5) is 22.0. The smallest absolute Gasteiger partial charge is 0.267 e. The Morgan fingerprint density at radius 2 is 2.07 bits per heavy atom. The fourth-order valence-corrected chi connectivity index (χ4v) is 3.29. The van der Waals surface area contributed by atoms with Crippen LogP contribution < -0.4 is 10.8 Å². The molecule has 0 saturated carbocycles. The van der Waals surface area contributed by atoms with Gasteiger partial charge in [-0.2, -0.15) is 0 Å². The first-order chi connectivity index (χ1) is 13.1. The van der Waals surface area contributed by atoms with Crippen LogP contribution in [0.1, 0.15) is 24.1 Å². The van der Waals surface area contributed by atoms with Gasteiger partial charge in [0.05, 0.1) is 18.1 Å². The van der Waals surface area contributed by atoms with Crippen molar-refractivity contribution in [2.75, 3.05) is 18.4 Å².